The van der Waals surface area contributed by atoms with Gasteiger partial charge in [-0.2, -0.15) is 0 Å². The number of rotatable bonds is 5. The van der Waals surface area contributed by atoms with Crippen LogP contribution < -0.4 is 5.32 Å². The molecule has 2 atom stereocenters. The summed E-state index contributed by atoms with van der Waals surface area (Å²) in [5.74, 6) is -0.296. The average molecular weight is 496 g/mol. The molecule has 1 N–H and O–H groups in total. The quantitative estimate of drug-likeness (QED) is 0.579. The van der Waals surface area contributed by atoms with Gasteiger partial charge in [0.15, 0.2) is 0 Å². The number of halogens is 1. The first-order valence-corrected chi connectivity index (χ1v) is 11.8. The number of aromatic nitrogens is 1. The van der Waals surface area contributed by atoms with E-state index in [4.69, 9.17) is 4.74 Å². The van der Waals surface area contributed by atoms with E-state index >= 15 is 0 Å². The second kappa shape index (κ2) is 8.37. The number of hydrogen-bond acceptors (Lipinski definition) is 3. The standard InChI is InChI=1S/C25H26BrN3O3/c1-25(24(31)27-14-19-9-6-12-32-19)16-28-21-11-5-3-7-17(21)13-22(28)23(30)29(25)15-18-8-2-4-10-20(18)26/h2-5,7-8,10-11,13,19H,6,9,12,14-16H2,1H3,(H,27,31)/t19-,25+/m1/s1. The van der Waals surface area contributed by atoms with Crippen molar-refractivity contribution < 1.29 is 14.3 Å². The van der Waals surface area contributed by atoms with Crippen LogP contribution in [-0.4, -0.2) is 46.1 Å². The molecule has 3 aromatic rings. The van der Waals surface area contributed by atoms with Crippen LogP contribution in [0.5, 0.6) is 0 Å². The number of carbonyl (C=O) groups is 2. The topological polar surface area (TPSA) is 63.6 Å². The van der Waals surface area contributed by atoms with Gasteiger partial charge in [-0.15, -0.1) is 0 Å². The lowest BCUT2D eigenvalue weighted by Crippen LogP contribution is -2.64. The van der Waals surface area contributed by atoms with E-state index in [1.54, 1.807) is 4.90 Å². The Morgan fingerprint density at radius 3 is 2.78 bits per heavy atom. The molecule has 7 heteroatoms. The highest BCUT2D eigenvalue weighted by atomic mass is 79.9. The van der Waals surface area contributed by atoms with Crippen LogP contribution in [0.2, 0.25) is 0 Å². The second-order valence-electron chi connectivity index (χ2n) is 8.78. The van der Waals surface area contributed by atoms with Crippen molar-refractivity contribution in [2.75, 3.05) is 13.2 Å². The molecule has 32 heavy (non-hydrogen) atoms. The number of nitrogens with one attached hydrogen (secondary N) is 1. The summed E-state index contributed by atoms with van der Waals surface area (Å²) in [5.41, 5.74) is 1.50. The van der Waals surface area contributed by atoms with Gasteiger partial charge in [0.25, 0.3) is 5.91 Å². The molecule has 6 nitrogen and oxygen atoms in total. The van der Waals surface area contributed by atoms with E-state index in [-0.39, 0.29) is 17.9 Å². The van der Waals surface area contributed by atoms with Crippen molar-refractivity contribution in [1.29, 1.82) is 0 Å². The van der Waals surface area contributed by atoms with E-state index in [0.717, 1.165) is 40.4 Å². The summed E-state index contributed by atoms with van der Waals surface area (Å²) in [6.07, 6.45) is 2.01. The smallest absolute Gasteiger partial charge is 0.271 e. The summed E-state index contributed by atoms with van der Waals surface area (Å²) in [4.78, 5) is 29.1. The summed E-state index contributed by atoms with van der Waals surface area (Å²) in [6, 6.07) is 17.7. The largest absolute Gasteiger partial charge is 0.376 e. The van der Waals surface area contributed by atoms with Gasteiger partial charge in [0.05, 0.1) is 12.6 Å². The van der Waals surface area contributed by atoms with E-state index in [1.165, 1.54) is 0 Å². The van der Waals surface area contributed by atoms with E-state index in [1.807, 2.05) is 66.1 Å². The molecule has 166 valence electrons. The third-order valence-electron chi connectivity index (χ3n) is 6.63. The molecule has 5 rings (SSSR count). The third kappa shape index (κ3) is 3.63. The molecule has 1 aromatic heterocycles. The first-order valence-electron chi connectivity index (χ1n) is 11.0. The number of amides is 2. The number of fused-ring (bicyclic) bond motifs is 3. The maximum Gasteiger partial charge on any atom is 0.271 e. The molecule has 0 unspecified atom stereocenters. The molecule has 3 heterocycles. The van der Waals surface area contributed by atoms with Gasteiger partial charge in [0.2, 0.25) is 5.91 Å². The van der Waals surface area contributed by atoms with Gasteiger partial charge in [0, 0.05) is 35.1 Å². The molecule has 0 bridgehead atoms. The Kier molecular flexibility index (Phi) is 5.55. The van der Waals surface area contributed by atoms with Gasteiger partial charge < -0.3 is 19.5 Å². The maximum atomic E-state index is 13.8. The number of hydrogen-bond donors (Lipinski definition) is 1. The Morgan fingerprint density at radius 1 is 1.22 bits per heavy atom. The lowest BCUT2D eigenvalue weighted by atomic mass is 9.93. The highest BCUT2D eigenvalue weighted by molar-refractivity contribution is 9.10. The number of ether oxygens (including phenoxy) is 1. The Hall–Kier alpha value is -2.64. The van der Waals surface area contributed by atoms with Crippen molar-refractivity contribution in [2.24, 2.45) is 0 Å². The summed E-state index contributed by atoms with van der Waals surface area (Å²) < 4.78 is 8.58. The van der Waals surface area contributed by atoms with Crippen LogP contribution in [0.25, 0.3) is 10.9 Å². The number of para-hydroxylation sites is 1. The van der Waals surface area contributed by atoms with Crippen LogP contribution in [0, 0.1) is 0 Å². The van der Waals surface area contributed by atoms with E-state index < -0.39 is 5.54 Å². The predicted molar refractivity (Wildman–Crippen MR) is 126 cm³/mol. The first-order chi connectivity index (χ1) is 15.5. The first kappa shape index (κ1) is 21.2. The highest BCUT2D eigenvalue weighted by Gasteiger charge is 2.47. The second-order valence-corrected chi connectivity index (χ2v) is 9.63. The highest BCUT2D eigenvalue weighted by Crippen LogP contribution is 2.34. The number of carbonyl (C=O) groups excluding carboxylic acids is 2. The molecule has 0 spiro atoms. The molecular formula is C25H26BrN3O3. The molecule has 2 amide bonds. The average Bonchev–Trinajstić information content (AvgIpc) is 3.44. The zero-order valence-corrected chi connectivity index (χ0v) is 19.6. The monoisotopic (exact) mass is 495 g/mol. The van der Waals surface area contributed by atoms with Crippen molar-refractivity contribution in [3.8, 4) is 0 Å². The van der Waals surface area contributed by atoms with Crippen LogP contribution in [0.15, 0.2) is 59.1 Å². The van der Waals surface area contributed by atoms with Crippen molar-refractivity contribution in [2.45, 2.75) is 44.5 Å². The van der Waals surface area contributed by atoms with E-state index in [9.17, 15) is 9.59 Å². The molecule has 0 radical (unpaired) electrons. The number of nitrogens with zero attached hydrogens (tertiary/aromatic N) is 2. The maximum absolute atomic E-state index is 13.8. The van der Waals surface area contributed by atoms with Crippen molar-refractivity contribution >= 4 is 38.6 Å². The van der Waals surface area contributed by atoms with Crippen LogP contribution in [-0.2, 0) is 22.6 Å². The van der Waals surface area contributed by atoms with E-state index in [0.29, 0.717) is 25.3 Å². The SMILES string of the molecule is C[C@@]1(C(=O)NC[C@H]2CCCO2)Cn2c(cc3ccccc32)C(=O)N1Cc1ccccc1Br. The predicted octanol–water partition coefficient (Wildman–Crippen LogP) is 4.11. The fourth-order valence-electron chi connectivity index (χ4n) is 4.75. The fraction of sp³-hybridized carbons (Fsp3) is 0.360. The normalized spacial score (nSPS) is 22.9. The van der Waals surface area contributed by atoms with Crippen molar-refractivity contribution in [3.63, 3.8) is 0 Å². The zero-order chi connectivity index (χ0) is 22.3. The van der Waals surface area contributed by atoms with Crippen LogP contribution in [0.4, 0.5) is 0 Å². The Balaban J connectivity index is 1.53. The molecule has 2 aliphatic heterocycles. The minimum Gasteiger partial charge on any atom is -0.376 e. The van der Waals surface area contributed by atoms with Gasteiger partial charge in [-0.25, -0.2) is 0 Å². The molecule has 0 aliphatic carbocycles. The molecule has 1 fully saturated rings. The van der Waals surface area contributed by atoms with Crippen LogP contribution >= 0.6 is 15.9 Å². The molecular weight excluding hydrogens is 470 g/mol. The third-order valence-corrected chi connectivity index (χ3v) is 7.40. The van der Waals surface area contributed by atoms with Gasteiger partial charge in [0.1, 0.15) is 11.2 Å². The van der Waals surface area contributed by atoms with Gasteiger partial charge in [-0.05, 0) is 43.5 Å². The van der Waals surface area contributed by atoms with Gasteiger partial charge >= 0.3 is 0 Å². The molecule has 1 saturated heterocycles. The lowest BCUT2D eigenvalue weighted by Gasteiger charge is -2.44. The van der Waals surface area contributed by atoms with Gasteiger partial charge in [-0.3, -0.25) is 9.59 Å². The van der Waals surface area contributed by atoms with Crippen molar-refractivity contribution in [3.05, 3.63) is 70.3 Å². The summed E-state index contributed by atoms with van der Waals surface area (Å²) in [7, 11) is 0. The Morgan fingerprint density at radius 2 is 2.00 bits per heavy atom. The minimum atomic E-state index is -1.04. The lowest BCUT2D eigenvalue weighted by molar-refractivity contribution is -0.133. The van der Waals surface area contributed by atoms with Crippen LogP contribution in [0.1, 0.15) is 35.8 Å². The minimum absolute atomic E-state index is 0.0431. The summed E-state index contributed by atoms with van der Waals surface area (Å²) in [5, 5.41) is 4.07. The summed E-state index contributed by atoms with van der Waals surface area (Å²) in [6.45, 7) is 3.80. The Bertz CT molecular complexity index is 1180. The Labute approximate surface area is 195 Å². The molecule has 0 saturated carbocycles. The van der Waals surface area contributed by atoms with Gasteiger partial charge in [-0.1, -0.05) is 52.3 Å². The molecule has 2 aromatic carbocycles. The fourth-order valence-corrected chi connectivity index (χ4v) is 5.16. The van der Waals surface area contributed by atoms with Crippen LogP contribution in [0.3, 0.4) is 0 Å². The van der Waals surface area contributed by atoms with Crippen molar-refractivity contribution in [1.82, 2.24) is 14.8 Å². The molecule has 2 aliphatic rings. The number of benzene rings is 2. The summed E-state index contributed by atoms with van der Waals surface area (Å²) >= 11 is 3.59. The zero-order valence-electron chi connectivity index (χ0n) is 18.0. The van der Waals surface area contributed by atoms with E-state index in [2.05, 4.69) is 21.2 Å².